The van der Waals surface area contributed by atoms with Gasteiger partial charge in [0.2, 0.25) is 5.91 Å². The van der Waals surface area contributed by atoms with Crippen LogP contribution in [-0.4, -0.2) is 30.7 Å². The zero-order valence-corrected chi connectivity index (χ0v) is 11.9. The highest BCUT2D eigenvalue weighted by Crippen LogP contribution is 2.42. The Morgan fingerprint density at radius 1 is 1.17 bits per heavy atom. The first-order chi connectivity index (χ1) is 8.32. The maximum absolute atomic E-state index is 12.2. The maximum Gasteiger partial charge on any atom is 0.407 e. The minimum Gasteiger partial charge on any atom is -0.453 e. The van der Waals surface area contributed by atoms with Crippen molar-refractivity contribution in [3.8, 4) is 0 Å². The molecule has 0 aromatic rings. The van der Waals surface area contributed by atoms with Gasteiger partial charge >= 0.3 is 6.09 Å². The summed E-state index contributed by atoms with van der Waals surface area (Å²) in [4.78, 5) is 23.4. The van der Waals surface area contributed by atoms with Crippen molar-refractivity contribution in [1.82, 2.24) is 10.6 Å². The van der Waals surface area contributed by atoms with Crippen LogP contribution in [0.2, 0.25) is 0 Å². The molecule has 2 amide bonds. The molecule has 1 aliphatic carbocycles. The van der Waals surface area contributed by atoms with Crippen LogP contribution in [0.15, 0.2) is 0 Å². The van der Waals surface area contributed by atoms with Crippen molar-refractivity contribution in [2.75, 3.05) is 7.11 Å². The highest BCUT2D eigenvalue weighted by molar-refractivity contribution is 5.86. The molecule has 5 nitrogen and oxygen atoms in total. The molecule has 0 bridgehead atoms. The first-order valence-electron chi connectivity index (χ1n) is 6.49. The van der Waals surface area contributed by atoms with E-state index in [4.69, 9.17) is 0 Å². The molecule has 0 saturated heterocycles. The van der Waals surface area contributed by atoms with Crippen LogP contribution < -0.4 is 10.6 Å². The number of alkyl carbamates (subject to hydrolysis) is 1. The Kier molecular flexibility index (Phi) is 4.59. The average molecular weight is 256 g/mol. The molecule has 1 saturated carbocycles. The summed E-state index contributed by atoms with van der Waals surface area (Å²) >= 11 is 0. The molecule has 1 aliphatic rings. The third kappa shape index (κ3) is 3.37. The number of rotatable bonds is 5. The minimum atomic E-state index is -0.571. The standard InChI is InChI=1S/C13H24N2O3/c1-8(2)10(14-12(17)18-5)11(16)15-13(6-7-13)9(3)4/h8-10H,6-7H2,1-5H3,(H,14,17)(H,15,16)/t10-/m0/s1. The molecule has 0 aliphatic heterocycles. The van der Waals surface area contributed by atoms with E-state index in [-0.39, 0.29) is 17.4 Å². The molecule has 5 heteroatoms. The van der Waals surface area contributed by atoms with Crippen molar-refractivity contribution >= 4 is 12.0 Å². The molecule has 0 spiro atoms. The number of methoxy groups -OCH3 is 1. The van der Waals surface area contributed by atoms with Gasteiger partial charge in [-0.25, -0.2) is 4.79 Å². The lowest BCUT2D eigenvalue weighted by Gasteiger charge is -2.27. The lowest BCUT2D eigenvalue weighted by atomic mass is 9.99. The maximum atomic E-state index is 12.2. The Labute approximate surface area is 109 Å². The van der Waals surface area contributed by atoms with E-state index in [1.807, 2.05) is 13.8 Å². The Morgan fingerprint density at radius 3 is 2.06 bits per heavy atom. The van der Waals surface area contributed by atoms with Crippen LogP contribution in [0.5, 0.6) is 0 Å². The molecule has 2 N–H and O–H groups in total. The number of hydrogen-bond acceptors (Lipinski definition) is 3. The van der Waals surface area contributed by atoms with Gasteiger partial charge in [0.05, 0.1) is 7.11 Å². The summed E-state index contributed by atoms with van der Waals surface area (Å²) in [6.45, 7) is 8.00. The Balaban J connectivity index is 2.63. The second kappa shape index (κ2) is 5.59. The summed E-state index contributed by atoms with van der Waals surface area (Å²) in [5, 5.41) is 5.65. The molecule has 0 unspecified atom stereocenters. The largest absolute Gasteiger partial charge is 0.453 e. The second-order valence-electron chi connectivity index (χ2n) is 5.66. The molecule has 1 fully saturated rings. The van der Waals surface area contributed by atoms with Gasteiger partial charge in [-0.1, -0.05) is 27.7 Å². The smallest absolute Gasteiger partial charge is 0.407 e. The molecule has 0 aromatic heterocycles. The van der Waals surface area contributed by atoms with Crippen molar-refractivity contribution in [3.63, 3.8) is 0 Å². The first kappa shape index (κ1) is 14.8. The fraction of sp³-hybridized carbons (Fsp3) is 0.846. The third-order valence-electron chi connectivity index (χ3n) is 3.67. The number of carbonyl (C=O) groups excluding carboxylic acids is 2. The molecule has 0 radical (unpaired) electrons. The Morgan fingerprint density at radius 2 is 1.72 bits per heavy atom. The second-order valence-corrected chi connectivity index (χ2v) is 5.66. The predicted molar refractivity (Wildman–Crippen MR) is 69.1 cm³/mol. The van der Waals surface area contributed by atoms with E-state index in [0.29, 0.717) is 5.92 Å². The summed E-state index contributed by atoms with van der Waals surface area (Å²) in [6, 6.07) is -0.548. The van der Waals surface area contributed by atoms with Gasteiger partial charge in [0.15, 0.2) is 0 Å². The minimum absolute atomic E-state index is 0.0204. The number of carbonyl (C=O) groups is 2. The first-order valence-corrected chi connectivity index (χ1v) is 6.49. The zero-order valence-electron chi connectivity index (χ0n) is 11.9. The highest BCUT2D eigenvalue weighted by Gasteiger charge is 2.47. The quantitative estimate of drug-likeness (QED) is 0.786. The van der Waals surface area contributed by atoms with Crippen molar-refractivity contribution < 1.29 is 14.3 Å². The van der Waals surface area contributed by atoms with Gasteiger partial charge in [-0.3, -0.25) is 4.79 Å². The van der Waals surface area contributed by atoms with E-state index in [0.717, 1.165) is 12.8 Å². The predicted octanol–water partition coefficient (Wildman–Crippen LogP) is 1.67. The van der Waals surface area contributed by atoms with Crippen LogP contribution in [-0.2, 0) is 9.53 Å². The van der Waals surface area contributed by atoms with Crippen LogP contribution >= 0.6 is 0 Å². The van der Waals surface area contributed by atoms with Gasteiger partial charge < -0.3 is 15.4 Å². The molecule has 0 aromatic carbocycles. The summed E-state index contributed by atoms with van der Waals surface area (Å²) in [5.74, 6) is 0.307. The Hall–Kier alpha value is -1.26. The van der Waals surface area contributed by atoms with E-state index in [1.54, 1.807) is 0 Å². The van der Waals surface area contributed by atoms with Crippen LogP contribution in [0.3, 0.4) is 0 Å². The average Bonchev–Trinajstić information content (AvgIpc) is 3.05. The van der Waals surface area contributed by atoms with Crippen LogP contribution in [0.1, 0.15) is 40.5 Å². The van der Waals surface area contributed by atoms with Gasteiger partial charge in [0.1, 0.15) is 6.04 Å². The fourth-order valence-electron chi connectivity index (χ4n) is 2.03. The van der Waals surface area contributed by atoms with Gasteiger partial charge in [-0.2, -0.15) is 0 Å². The Bertz CT molecular complexity index is 322. The van der Waals surface area contributed by atoms with E-state index in [2.05, 4.69) is 29.2 Å². The van der Waals surface area contributed by atoms with Crippen molar-refractivity contribution in [2.45, 2.75) is 52.1 Å². The summed E-state index contributed by atoms with van der Waals surface area (Å²) in [5.41, 5.74) is -0.0674. The van der Waals surface area contributed by atoms with Crippen LogP contribution in [0.4, 0.5) is 4.79 Å². The number of amides is 2. The SMILES string of the molecule is COC(=O)N[C@H](C(=O)NC1(C(C)C)CC1)C(C)C. The van der Waals surface area contributed by atoms with E-state index >= 15 is 0 Å². The van der Waals surface area contributed by atoms with Crippen molar-refractivity contribution in [3.05, 3.63) is 0 Å². The van der Waals surface area contributed by atoms with Gasteiger partial charge in [0, 0.05) is 5.54 Å². The topological polar surface area (TPSA) is 67.4 Å². The van der Waals surface area contributed by atoms with Crippen LogP contribution in [0, 0.1) is 11.8 Å². The molecule has 1 rings (SSSR count). The molecule has 18 heavy (non-hydrogen) atoms. The van der Waals surface area contributed by atoms with E-state index in [1.165, 1.54) is 7.11 Å². The summed E-state index contributed by atoms with van der Waals surface area (Å²) in [7, 11) is 1.29. The fourth-order valence-corrected chi connectivity index (χ4v) is 2.03. The lowest BCUT2D eigenvalue weighted by molar-refractivity contribution is -0.125. The molecule has 1 atom stereocenters. The monoisotopic (exact) mass is 256 g/mol. The van der Waals surface area contributed by atoms with Crippen LogP contribution in [0.25, 0.3) is 0 Å². The summed E-state index contributed by atoms with van der Waals surface area (Å²) < 4.78 is 4.54. The number of nitrogens with one attached hydrogen (secondary N) is 2. The highest BCUT2D eigenvalue weighted by atomic mass is 16.5. The zero-order chi connectivity index (χ0) is 13.9. The van der Waals surface area contributed by atoms with E-state index < -0.39 is 12.1 Å². The molecular weight excluding hydrogens is 232 g/mol. The van der Waals surface area contributed by atoms with Crippen molar-refractivity contribution in [2.24, 2.45) is 11.8 Å². The molecule has 104 valence electrons. The molecular formula is C13H24N2O3. The van der Waals surface area contributed by atoms with Gasteiger partial charge in [-0.15, -0.1) is 0 Å². The number of hydrogen-bond donors (Lipinski definition) is 2. The van der Waals surface area contributed by atoms with Gasteiger partial charge in [-0.05, 0) is 24.7 Å². The normalized spacial score (nSPS) is 18.4. The van der Waals surface area contributed by atoms with E-state index in [9.17, 15) is 9.59 Å². The van der Waals surface area contributed by atoms with Gasteiger partial charge in [0.25, 0.3) is 0 Å². The molecule has 0 heterocycles. The van der Waals surface area contributed by atoms with Crippen molar-refractivity contribution in [1.29, 1.82) is 0 Å². The third-order valence-corrected chi connectivity index (χ3v) is 3.67. The number of ether oxygens (including phenoxy) is 1. The summed E-state index contributed by atoms with van der Waals surface area (Å²) in [6.07, 6.45) is 1.46. The lowest BCUT2D eigenvalue weighted by Crippen LogP contribution is -2.54.